The molecule has 0 saturated heterocycles. The maximum Gasteiger partial charge on any atom is 0.292 e. The van der Waals surface area contributed by atoms with Gasteiger partial charge in [0.25, 0.3) is 11.9 Å². The first-order valence-corrected chi connectivity index (χ1v) is 7.91. The van der Waals surface area contributed by atoms with E-state index in [9.17, 15) is 4.79 Å². The van der Waals surface area contributed by atoms with Gasteiger partial charge in [0.1, 0.15) is 6.61 Å². The van der Waals surface area contributed by atoms with Crippen LogP contribution in [0.15, 0.2) is 23.2 Å². The van der Waals surface area contributed by atoms with Gasteiger partial charge in [0, 0.05) is 12.7 Å². The second kappa shape index (κ2) is 8.54. The van der Waals surface area contributed by atoms with Gasteiger partial charge in [-0.3, -0.25) is 10.1 Å². The Hall–Kier alpha value is -2.28. The summed E-state index contributed by atoms with van der Waals surface area (Å²) in [6.45, 7) is 6.97. The third-order valence-electron chi connectivity index (χ3n) is 3.67. The summed E-state index contributed by atoms with van der Waals surface area (Å²) < 4.78 is 21.0. The van der Waals surface area contributed by atoms with E-state index in [0.29, 0.717) is 36.2 Å². The Morgan fingerprint density at radius 1 is 1.25 bits per heavy atom. The highest BCUT2D eigenvalue weighted by molar-refractivity contribution is 6.04. The molecule has 1 N–H and O–H groups in total. The van der Waals surface area contributed by atoms with Gasteiger partial charge in [-0.1, -0.05) is 13.8 Å². The van der Waals surface area contributed by atoms with E-state index < -0.39 is 0 Å². The van der Waals surface area contributed by atoms with Gasteiger partial charge in [-0.15, -0.1) is 0 Å². The molecule has 0 radical (unpaired) electrons. The average Bonchev–Trinajstić information content (AvgIpc) is 3.02. The van der Waals surface area contributed by atoms with Gasteiger partial charge in [-0.05, 0) is 31.0 Å². The number of methoxy groups -OCH3 is 1. The van der Waals surface area contributed by atoms with Crippen LogP contribution < -0.4 is 14.8 Å². The van der Waals surface area contributed by atoms with E-state index in [1.807, 2.05) is 6.92 Å². The summed E-state index contributed by atoms with van der Waals surface area (Å²) in [6.07, 6.45) is 0. The first-order chi connectivity index (χ1) is 11.5. The van der Waals surface area contributed by atoms with Gasteiger partial charge in [-0.2, -0.15) is 0 Å². The van der Waals surface area contributed by atoms with Crippen molar-refractivity contribution in [1.29, 1.82) is 0 Å². The van der Waals surface area contributed by atoms with Crippen molar-refractivity contribution in [2.75, 3.05) is 27.1 Å². The van der Waals surface area contributed by atoms with Crippen molar-refractivity contribution in [2.45, 2.75) is 26.8 Å². The summed E-state index contributed by atoms with van der Waals surface area (Å²) in [6, 6.07) is 5.21. The normalized spacial score (nSPS) is 14.6. The number of aliphatic imine (C=N–C) groups is 1. The van der Waals surface area contributed by atoms with Crippen LogP contribution >= 0.6 is 0 Å². The molecule has 7 nitrogen and oxygen atoms in total. The zero-order chi connectivity index (χ0) is 17.5. The minimum absolute atomic E-state index is 0.0135. The molecule has 0 bridgehead atoms. The summed E-state index contributed by atoms with van der Waals surface area (Å²) >= 11 is 0. The topological polar surface area (TPSA) is 78.4 Å². The number of carbonyl (C=O) groups is 1. The molecule has 0 aliphatic carbocycles. The van der Waals surface area contributed by atoms with E-state index in [4.69, 9.17) is 18.9 Å². The fraction of sp³-hybridized carbons (Fsp3) is 0.529. The maximum absolute atomic E-state index is 12.4. The largest absolute Gasteiger partial charge is 0.463 e. The summed E-state index contributed by atoms with van der Waals surface area (Å²) in [5.74, 6) is 1.19. The van der Waals surface area contributed by atoms with E-state index in [-0.39, 0.29) is 24.8 Å². The van der Waals surface area contributed by atoms with Crippen LogP contribution in [-0.4, -0.2) is 45.1 Å². The molecule has 0 spiro atoms. The van der Waals surface area contributed by atoms with E-state index >= 15 is 0 Å². The first-order valence-electron chi connectivity index (χ1n) is 7.91. The molecular weight excluding hydrogens is 312 g/mol. The van der Waals surface area contributed by atoms with Crippen molar-refractivity contribution < 1.29 is 23.7 Å². The quantitative estimate of drug-likeness (QED) is 0.489. The van der Waals surface area contributed by atoms with Gasteiger partial charge >= 0.3 is 0 Å². The number of amides is 1. The molecular formula is C17H24N2O5. The molecule has 132 valence electrons. The molecule has 0 fully saturated rings. The zero-order valence-electron chi connectivity index (χ0n) is 14.5. The zero-order valence-corrected chi connectivity index (χ0v) is 14.5. The highest BCUT2D eigenvalue weighted by Crippen LogP contribution is 2.32. The first kappa shape index (κ1) is 18.1. The summed E-state index contributed by atoms with van der Waals surface area (Å²) in [5.41, 5.74) is 0.444. The molecule has 1 aliphatic rings. The third-order valence-corrected chi connectivity index (χ3v) is 3.67. The van der Waals surface area contributed by atoms with Gasteiger partial charge in [0.15, 0.2) is 11.5 Å². The molecule has 1 aliphatic heterocycles. The molecule has 0 saturated carbocycles. The lowest BCUT2D eigenvalue weighted by atomic mass is 10.1. The lowest BCUT2D eigenvalue weighted by molar-refractivity contribution is 0.0952. The predicted octanol–water partition coefficient (Wildman–Crippen LogP) is 2.21. The third kappa shape index (κ3) is 4.86. The van der Waals surface area contributed by atoms with Crippen molar-refractivity contribution in [3.05, 3.63) is 23.8 Å². The van der Waals surface area contributed by atoms with Crippen LogP contribution in [0.4, 0.5) is 0 Å². The Balaban J connectivity index is 2.08. The number of ether oxygens (including phenoxy) is 4. The number of carbonyl (C=O) groups excluding carboxylic acids is 1. The van der Waals surface area contributed by atoms with Crippen LogP contribution in [0.3, 0.4) is 0 Å². The lowest BCUT2D eigenvalue weighted by Gasteiger charge is -2.15. The Bertz CT molecular complexity index is 601. The SMILES string of the molecule is COCCOC(=N[C@H](C)C(C)C)NC(=O)c1ccc2c(c1)OCO2. The van der Waals surface area contributed by atoms with Gasteiger partial charge < -0.3 is 18.9 Å². The number of nitrogens with zero attached hydrogens (tertiary/aromatic N) is 1. The van der Waals surface area contributed by atoms with Gasteiger partial charge in [0.05, 0.1) is 12.6 Å². The smallest absolute Gasteiger partial charge is 0.292 e. The minimum Gasteiger partial charge on any atom is -0.463 e. The molecule has 7 heteroatoms. The molecule has 0 unspecified atom stereocenters. The maximum atomic E-state index is 12.4. The number of rotatable bonds is 6. The van der Waals surface area contributed by atoms with Crippen molar-refractivity contribution in [2.24, 2.45) is 10.9 Å². The molecule has 1 amide bonds. The van der Waals surface area contributed by atoms with Crippen molar-refractivity contribution in [3.8, 4) is 11.5 Å². The Morgan fingerprint density at radius 3 is 2.71 bits per heavy atom. The molecule has 1 aromatic carbocycles. The highest BCUT2D eigenvalue weighted by Gasteiger charge is 2.18. The van der Waals surface area contributed by atoms with Crippen LogP contribution in [0.5, 0.6) is 11.5 Å². The van der Waals surface area contributed by atoms with Crippen molar-refractivity contribution in [3.63, 3.8) is 0 Å². The van der Waals surface area contributed by atoms with E-state index in [1.54, 1.807) is 25.3 Å². The molecule has 0 aromatic heterocycles. The Morgan fingerprint density at radius 2 is 2.00 bits per heavy atom. The summed E-state index contributed by atoms with van der Waals surface area (Å²) in [5, 5.41) is 2.71. The fourth-order valence-electron chi connectivity index (χ4n) is 1.87. The molecule has 1 atom stereocenters. The van der Waals surface area contributed by atoms with Crippen LogP contribution in [0.25, 0.3) is 0 Å². The van der Waals surface area contributed by atoms with Crippen LogP contribution in [0.1, 0.15) is 31.1 Å². The number of nitrogens with one attached hydrogen (secondary N) is 1. The number of amidine groups is 1. The standard InChI is InChI=1S/C17H24N2O5/c1-11(2)12(3)18-17(22-8-7-21-4)19-16(20)13-5-6-14-15(9-13)24-10-23-14/h5-6,9,11-12H,7-8,10H2,1-4H3,(H,18,19,20)/t12-/m1/s1. The van der Waals surface area contributed by atoms with Crippen molar-refractivity contribution >= 4 is 11.9 Å². The second-order valence-electron chi connectivity index (χ2n) is 5.78. The highest BCUT2D eigenvalue weighted by atomic mass is 16.7. The average molecular weight is 336 g/mol. The number of hydrogen-bond donors (Lipinski definition) is 1. The number of fused-ring (bicyclic) bond motifs is 1. The molecule has 1 heterocycles. The monoisotopic (exact) mass is 336 g/mol. The molecule has 2 rings (SSSR count). The Labute approximate surface area is 142 Å². The number of benzene rings is 1. The Kier molecular flexibility index (Phi) is 6.43. The van der Waals surface area contributed by atoms with E-state index in [2.05, 4.69) is 24.2 Å². The minimum atomic E-state index is -0.319. The molecule has 1 aromatic rings. The second-order valence-corrected chi connectivity index (χ2v) is 5.78. The van der Waals surface area contributed by atoms with Crippen LogP contribution in [-0.2, 0) is 9.47 Å². The van der Waals surface area contributed by atoms with E-state index in [1.165, 1.54) is 0 Å². The van der Waals surface area contributed by atoms with Gasteiger partial charge in [-0.25, -0.2) is 4.99 Å². The van der Waals surface area contributed by atoms with Crippen molar-refractivity contribution in [1.82, 2.24) is 5.32 Å². The summed E-state index contributed by atoms with van der Waals surface area (Å²) in [7, 11) is 1.59. The molecule has 24 heavy (non-hydrogen) atoms. The summed E-state index contributed by atoms with van der Waals surface area (Å²) in [4.78, 5) is 16.9. The van der Waals surface area contributed by atoms with Crippen LogP contribution in [0.2, 0.25) is 0 Å². The lowest BCUT2D eigenvalue weighted by Crippen LogP contribution is -2.34. The van der Waals surface area contributed by atoms with Crippen LogP contribution in [0, 0.1) is 5.92 Å². The fourth-order valence-corrected chi connectivity index (χ4v) is 1.87. The van der Waals surface area contributed by atoms with Gasteiger partial charge in [0.2, 0.25) is 6.79 Å². The number of hydrogen-bond acceptors (Lipinski definition) is 6. The van der Waals surface area contributed by atoms with E-state index in [0.717, 1.165) is 0 Å². The predicted molar refractivity (Wildman–Crippen MR) is 89.6 cm³/mol.